The third-order valence-corrected chi connectivity index (χ3v) is 5.06. The number of ether oxygens (including phenoxy) is 1. The lowest BCUT2D eigenvalue weighted by atomic mass is 10.1. The van der Waals surface area contributed by atoms with Gasteiger partial charge in [-0.1, -0.05) is 12.6 Å². The van der Waals surface area contributed by atoms with Gasteiger partial charge in [-0.25, -0.2) is 9.87 Å². The van der Waals surface area contributed by atoms with Gasteiger partial charge < -0.3 is 15.0 Å². The maximum absolute atomic E-state index is 14.4. The van der Waals surface area contributed by atoms with E-state index in [1.807, 2.05) is 18.4 Å². The molecular weight excluding hydrogens is 409 g/mol. The van der Waals surface area contributed by atoms with Gasteiger partial charge in [0.25, 0.3) is 5.91 Å². The first-order chi connectivity index (χ1) is 14.4. The Bertz CT molecular complexity index is 942. The van der Waals surface area contributed by atoms with Crippen LogP contribution in [0.3, 0.4) is 0 Å². The van der Waals surface area contributed by atoms with Gasteiger partial charge in [-0.3, -0.25) is 14.4 Å². The van der Waals surface area contributed by atoms with E-state index < -0.39 is 11.7 Å². The van der Waals surface area contributed by atoms with E-state index in [1.165, 1.54) is 35.6 Å². The van der Waals surface area contributed by atoms with Crippen LogP contribution in [-0.4, -0.2) is 37.5 Å². The minimum atomic E-state index is -0.595. The number of amides is 2. The molecule has 2 aromatic rings. The molecule has 0 unspecified atom stereocenters. The van der Waals surface area contributed by atoms with Gasteiger partial charge in [-0.2, -0.15) is 0 Å². The van der Waals surface area contributed by atoms with E-state index in [9.17, 15) is 14.0 Å². The second-order valence-electron chi connectivity index (χ2n) is 6.30. The summed E-state index contributed by atoms with van der Waals surface area (Å²) in [6, 6.07) is 6.47. The highest BCUT2D eigenvalue weighted by molar-refractivity contribution is 7.11. The zero-order chi connectivity index (χ0) is 22.1. The summed E-state index contributed by atoms with van der Waals surface area (Å²) in [5, 5.41) is 4.71. The molecule has 0 bridgehead atoms. The van der Waals surface area contributed by atoms with E-state index in [1.54, 1.807) is 19.1 Å². The Hall–Kier alpha value is -3.17. The SMILES string of the molecule is C=COCCONC(=O)/C(=C(\Nc1ccc(C)cc1F)N(C)C=O)c1sccc1C. The molecule has 0 aliphatic rings. The molecule has 30 heavy (non-hydrogen) atoms. The molecule has 1 aromatic carbocycles. The zero-order valence-electron chi connectivity index (χ0n) is 17.0. The van der Waals surface area contributed by atoms with Gasteiger partial charge in [-0.15, -0.1) is 11.3 Å². The fourth-order valence-electron chi connectivity index (χ4n) is 2.52. The van der Waals surface area contributed by atoms with Crippen molar-refractivity contribution in [2.45, 2.75) is 13.8 Å². The molecule has 9 heteroatoms. The Morgan fingerprint density at radius 3 is 2.67 bits per heavy atom. The summed E-state index contributed by atoms with van der Waals surface area (Å²) in [5.41, 5.74) is 4.18. The third kappa shape index (κ3) is 5.91. The number of carbonyl (C=O) groups is 2. The maximum Gasteiger partial charge on any atom is 0.279 e. The monoisotopic (exact) mass is 433 g/mol. The first-order valence-corrected chi connectivity index (χ1v) is 9.91. The van der Waals surface area contributed by atoms with E-state index >= 15 is 0 Å². The third-order valence-electron chi connectivity index (χ3n) is 4.03. The lowest BCUT2D eigenvalue weighted by molar-refractivity contribution is -0.128. The van der Waals surface area contributed by atoms with Crippen LogP contribution in [0, 0.1) is 19.7 Å². The number of aryl methyl sites for hydroxylation is 2. The van der Waals surface area contributed by atoms with Gasteiger partial charge in [0.05, 0.1) is 17.5 Å². The van der Waals surface area contributed by atoms with Crippen LogP contribution in [0.2, 0.25) is 0 Å². The molecule has 1 heterocycles. The average Bonchev–Trinajstić information content (AvgIpc) is 3.14. The summed E-state index contributed by atoms with van der Waals surface area (Å²) in [6.07, 6.45) is 1.80. The molecule has 7 nitrogen and oxygen atoms in total. The van der Waals surface area contributed by atoms with Crippen LogP contribution >= 0.6 is 11.3 Å². The summed E-state index contributed by atoms with van der Waals surface area (Å²) in [4.78, 5) is 31.5. The molecule has 0 saturated carbocycles. The van der Waals surface area contributed by atoms with Gasteiger partial charge in [0.15, 0.2) is 0 Å². The van der Waals surface area contributed by atoms with Gasteiger partial charge in [0, 0.05) is 11.9 Å². The van der Waals surface area contributed by atoms with E-state index in [-0.39, 0.29) is 30.3 Å². The summed E-state index contributed by atoms with van der Waals surface area (Å²) < 4.78 is 19.4. The molecule has 0 aliphatic heterocycles. The molecule has 0 saturated heterocycles. The van der Waals surface area contributed by atoms with Crippen molar-refractivity contribution in [1.82, 2.24) is 10.4 Å². The van der Waals surface area contributed by atoms with Gasteiger partial charge in [0.1, 0.15) is 24.9 Å². The predicted molar refractivity (Wildman–Crippen MR) is 115 cm³/mol. The number of hydroxylamine groups is 1. The molecule has 0 radical (unpaired) electrons. The number of hydrogen-bond acceptors (Lipinski definition) is 6. The number of hydrogen-bond donors (Lipinski definition) is 2. The standard InChI is InChI=1S/C21H24FN3O4S/c1-5-28-9-10-29-24-21(27)18(19-15(3)8-11-30-19)20(25(4)13-26)23-17-7-6-14(2)12-16(17)22/h5-8,11-13,23H,1,9-10H2,2-4H3,(H,24,27)/b20-18+. The summed E-state index contributed by atoms with van der Waals surface area (Å²) in [6.45, 7) is 7.32. The van der Waals surface area contributed by atoms with Crippen LogP contribution in [-0.2, 0) is 19.2 Å². The molecule has 0 spiro atoms. The number of thiophene rings is 1. The first-order valence-electron chi connectivity index (χ1n) is 9.03. The van der Waals surface area contributed by atoms with Crippen molar-refractivity contribution < 1.29 is 23.6 Å². The molecule has 0 aliphatic carbocycles. The molecule has 160 valence electrons. The molecule has 0 atom stereocenters. The van der Waals surface area contributed by atoms with Crippen LogP contribution in [0.5, 0.6) is 0 Å². The summed E-state index contributed by atoms with van der Waals surface area (Å²) in [5.74, 6) is -0.989. The van der Waals surface area contributed by atoms with Crippen LogP contribution in [0.15, 0.2) is 48.3 Å². The average molecular weight is 434 g/mol. The number of halogens is 1. The number of nitrogens with one attached hydrogen (secondary N) is 2. The Balaban J connectivity index is 2.47. The lowest BCUT2D eigenvalue weighted by Crippen LogP contribution is -2.31. The number of anilines is 1. The highest BCUT2D eigenvalue weighted by Gasteiger charge is 2.24. The summed E-state index contributed by atoms with van der Waals surface area (Å²) >= 11 is 1.32. The largest absolute Gasteiger partial charge is 0.499 e. The van der Waals surface area contributed by atoms with Crippen molar-refractivity contribution in [3.05, 3.63) is 70.1 Å². The molecule has 2 amide bonds. The van der Waals surface area contributed by atoms with Gasteiger partial charge in [-0.05, 0) is 48.6 Å². The Labute approximate surface area is 178 Å². The Morgan fingerprint density at radius 1 is 1.30 bits per heavy atom. The molecule has 1 aromatic heterocycles. The summed E-state index contributed by atoms with van der Waals surface area (Å²) in [7, 11) is 1.47. The second-order valence-corrected chi connectivity index (χ2v) is 7.21. The van der Waals surface area contributed by atoms with Crippen molar-refractivity contribution in [3.8, 4) is 0 Å². The minimum absolute atomic E-state index is 0.0906. The Kier molecular flexibility index (Phi) is 8.57. The number of benzene rings is 1. The second kappa shape index (κ2) is 11.1. The molecule has 2 rings (SSSR count). The topological polar surface area (TPSA) is 79.9 Å². The van der Waals surface area contributed by atoms with Crippen molar-refractivity contribution in [2.24, 2.45) is 0 Å². The van der Waals surface area contributed by atoms with Crippen LogP contribution in [0.1, 0.15) is 16.0 Å². The minimum Gasteiger partial charge on any atom is -0.499 e. The van der Waals surface area contributed by atoms with Crippen LogP contribution in [0.4, 0.5) is 10.1 Å². The molecular formula is C21H24FN3O4S. The van der Waals surface area contributed by atoms with E-state index in [4.69, 9.17) is 9.57 Å². The number of rotatable bonds is 11. The highest BCUT2D eigenvalue weighted by atomic mass is 32.1. The van der Waals surface area contributed by atoms with Crippen LogP contribution in [0.25, 0.3) is 5.57 Å². The maximum atomic E-state index is 14.4. The van der Waals surface area contributed by atoms with Crippen LogP contribution < -0.4 is 10.8 Å². The quantitative estimate of drug-likeness (QED) is 0.186. The van der Waals surface area contributed by atoms with Crippen molar-refractivity contribution in [3.63, 3.8) is 0 Å². The van der Waals surface area contributed by atoms with Crippen molar-refractivity contribution in [1.29, 1.82) is 0 Å². The van der Waals surface area contributed by atoms with E-state index in [0.29, 0.717) is 11.3 Å². The van der Waals surface area contributed by atoms with E-state index in [2.05, 4.69) is 17.4 Å². The molecule has 0 fully saturated rings. The zero-order valence-corrected chi connectivity index (χ0v) is 17.8. The fraction of sp³-hybridized carbons (Fsp3) is 0.238. The van der Waals surface area contributed by atoms with Gasteiger partial charge >= 0.3 is 0 Å². The van der Waals surface area contributed by atoms with E-state index in [0.717, 1.165) is 11.1 Å². The first kappa shape index (κ1) is 23.1. The number of carbonyl (C=O) groups excluding carboxylic acids is 2. The van der Waals surface area contributed by atoms with Gasteiger partial charge in [0.2, 0.25) is 6.41 Å². The fourth-order valence-corrected chi connectivity index (χ4v) is 3.49. The lowest BCUT2D eigenvalue weighted by Gasteiger charge is -2.22. The van der Waals surface area contributed by atoms with Crippen molar-refractivity contribution in [2.75, 3.05) is 25.6 Å². The van der Waals surface area contributed by atoms with Crippen molar-refractivity contribution >= 4 is 34.9 Å². The Morgan fingerprint density at radius 2 is 2.07 bits per heavy atom. The smallest absolute Gasteiger partial charge is 0.279 e. The predicted octanol–water partition coefficient (Wildman–Crippen LogP) is 3.58. The normalized spacial score (nSPS) is 11.3. The number of nitrogens with zero attached hydrogens (tertiary/aromatic N) is 1. The molecule has 2 N–H and O–H groups in total. The highest BCUT2D eigenvalue weighted by Crippen LogP contribution is 2.30.